The first-order valence-electron chi connectivity index (χ1n) is 7.22. The maximum absolute atomic E-state index is 11.6. The van der Waals surface area contributed by atoms with Crippen LogP contribution in [-0.4, -0.2) is 17.2 Å². The summed E-state index contributed by atoms with van der Waals surface area (Å²) in [6, 6.07) is 9.01. The van der Waals surface area contributed by atoms with Crippen molar-refractivity contribution in [1.29, 1.82) is 5.26 Å². The third kappa shape index (κ3) is 4.58. The Labute approximate surface area is 134 Å². The molecule has 0 saturated carbocycles. The van der Waals surface area contributed by atoms with Gasteiger partial charge in [-0.05, 0) is 38.5 Å². The number of nitriles is 1. The zero-order chi connectivity index (χ0) is 16.8. The molecule has 6 nitrogen and oxygen atoms in total. The fourth-order valence-electron chi connectivity index (χ4n) is 2.00. The molecule has 1 aromatic carbocycles. The first-order valence-corrected chi connectivity index (χ1v) is 7.22. The Morgan fingerprint density at radius 1 is 1.35 bits per heavy atom. The molecule has 23 heavy (non-hydrogen) atoms. The highest BCUT2D eigenvalue weighted by atomic mass is 16.5. The van der Waals surface area contributed by atoms with E-state index in [0.717, 1.165) is 22.6 Å². The highest BCUT2D eigenvalue weighted by Gasteiger charge is 2.11. The van der Waals surface area contributed by atoms with Crippen LogP contribution < -0.4 is 4.74 Å². The van der Waals surface area contributed by atoms with Crippen molar-refractivity contribution in [2.75, 3.05) is 0 Å². The number of hydrogen-bond acceptors (Lipinski definition) is 6. The van der Waals surface area contributed by atoms with E-state index in [-0.39, 0.29) is 6.42 Å². The number of nitrogens with zero attached hydrogens (tertiary/aromatic N) is 2. The molecule has 0 aliphatic heterocycles. The molecule has 0 amide bonds. The number of aromatic nitrogens is 1. The number of carbonyl (C=O) groups excluding carboxylic acids is 1. The van der Waals surface area contributed by atoms with E-state index in [1.807, 2.05) is 19.9 Å². The number of benzene rings is 1. The van der Waals surface area contributed by atoms with Crippen molar-refractivity contribution >= 4 is 5.97 Å². The lowest BCUT2D eigenvalue weighted by atomic mass is 10.1. The van der Waals surface area contributed by atoms with Crippen LogP contribution in [0.25, 0.3) is 0 Å². The zero-order valence-corrected chi connectivity index (χ0v) is 13.3. The van der Waals surface area contributed by atoms with E-state index >= 15 is 0 Å². The topological polar surface area (TPSA) is 85.3 Å². The Hall–Kier alpha value is -2.81. The fourth-order valence-corrected chi connectivity index (χ4v) is 2.00. The standard InChI is InChI=1S/C17H18N2O4/c1-11(9-18)22-17(20)8-14-4-6-15(7-5-14)21-10-16-12(2)19-23-13(16)3/h4-7,11H,8,10H2,1-3H3/t11-/m0/s1. The summed E-state index contributed by atoms with van der Waals surface area (Å²) >= 11 is 0. The predicted molar refractivity (Wildman–Crippen MR) is 81.6 cm³/mol. The Kier molecular flexibility index (Phi) is 5.36. The van der Waals surface area contributed by atoms with Gasteiger partial charge in [-0.3, -0.25) is 4.79 Å². The SMILES string of the molecule is Cc1noc(C)c1COc1ccc(CC(=O)O[C@@H](C)C#N)cc1. The van der Waals surface area contributed by atoms with Gasteiger partial charge in [0.05, 0.1) is 17.7 Å². The molecular formula is C17H18N2O4. The first kappa shape index (κ1) is 16.6. The second kappa shape index (κ2) is 7.45. The van der Waals surface area contributed by atoms with E-state index in [2.05, 4.69) is 5.16 Å². The van der Waals surface area contributed by atoms with E-state index in [9.17, 15) is 4.79 Å². The predicted octanol–water partition coefficient (Wildman–Crippen LogP) is 2.87. The molecule has 0 N–H and O–H groups in total. The Morgan fingerprint density at radius 3 is 2.61 bits per heavy atom. The quantitative estimate of drug-likeness (QED) is 0.762. The monoisotopic (exact) mass is 314 g/mol. The van der Waals surface area contributed by atoms with Crippen molar-refractivity contribution in [3.8, 4) is 11.8 Å². The van der Waals surface area contributed by atoms with E-state index in [1.165, 1.54) is 6.92 Å². The number of esters is 1. The van der Waals surface area contributed by atoms with Gasteiger partial charge in [-0.2, -0.15) is 5.26 Å². The van der Waals surface area contributed by atoms with Crippen molar-refractivity contribution in [1.82, 2.24) is 5.16 Å². The van der Waals surface area contributed by atoms with Gasteiger partial charge in [-0.1, -0.05) is 17.3 Å². The van der Waals surface area contributed by atoms with Crippen LogP contribution in [0, 0.1) is 25.2 Å². The molecule has 6 heteroatoms. The van der Waals surface area contributed by atoms with Crippen LogP contribution in [0.3, 0.4) is 0 Å². The second-order valence-electron chi connectivity index (χ2n) is 5.17. The Bertz CT molecular complexity index is 694. The van der Waals surface area contributed by atoms with Gasteiger partial charge in [0.25, 0.3) is 0 Å². The molecule has 0 spiro atoms. The minimum Gasteiger partial charge on any atom is -0.489 e. The van der Waals surface area contributed by atoms with Gasteiger partial charge < -0.3 is 14.0 Å². The number of ether oxygens (including phenoxy) is 2. The maximum Gasteiger partial charge on any atom is 0.311 e. The highest BCUT2D eigenvalue weighted by molar-refractivity contribution is 5.73. The summed E-state index contributed by atoms with van der Waals surface area (Å²) in [7, 11) is 0. The van der Waals surface area contributed by atoms with Crippen LogP contribution in [0.1, 0.15) is 29.5 Å². The summed E-state index contributed by atoms with van der Waals surface area (Å²) in [4.78, 5) is 11.6. The molecular weight excluding hydrogens is 296 g/mol. The normalized spacial score (nSPS) is 11.6. The smallest absolute Gasteiger partial charge is 0.311 e. The van der Waals surface area contributed by atoms with E-state index < -0.39 is 12.1 Å². The summed E-state index contributed by atoms with van der Waals surface area (Å²) in [5.74, 6) is 1.00. The Balaban J connectivity index is 1.90. The molecule has 1 aromatic heterocycles. The van der Waals surface area contributed by atoms with Crippen molar-refractivity contribution in [2.45, 2.75) is 39.9 Å². The van der Waals surface area contributed by atoms with Crippen LogP contribution in [0.2, 0.25) is 0 Å². The van der Waals surface area contributed by atoms with Gasteiger partial charge >= 0.3 is 5.97 Å². The summed E-state index contributed by atoms with van der Waals surface area (Å²) in [6.45, 7) is 5.62. The van der Waals surface area contributed by atoms with Gasteiger partial charge in [0.1, 0.15) is 24.2 Å². The molecule has 1 heterocycles. The summed E-state index contributed by atoms with van der Waals surface area (Å²) in [6.07, 6.45) is -0.615. The van der Waals surface area contributed by atoms with Crippen molar-refractivity contribution in [3.63, 3.8) is 0 Å². The van der Waals surface area contributed by atoms with Crippen molar-refractivity contribution in [2.24, 2.45) is 0 Å². The van der Waals surface area contributed by atoms with Gasteiger partial charge in [-0.25, -0.2) is 0 Å². The van der Waals surface area contributed by atoms with Crippen LogP contribution in [-0.2, 0) is 22.6 Å². The lowest BCUT2D eigenvalue weighted by molar-refractivity contribution is -0.145. The van der Waals surface area contributed by atoms with Crippen LogP contribution in [0.15, 0.2) is 28.8 Å². The molecule has 120 valence electrons. The molecule has 0 saturated heterocycles. The van der Waals surface area contributed by atoms with Crippen LogP contribution >= 0.6 is 0 Å². The van der Waals surface area contributed by atoms with Gasteiger partial charge in [0, 0.05) is 0 Å². The lowest BCUT2D eigenvalue weighted by Gasteiger charge is -2.08. The highest BCUT2D eigenvalue weighted by Crippen LogP contribution is 2.18. The number of carbonyl (C=O) groups is 1. The molecule has 2 aromatic rings. The average molecular weight is 314 g/mol. The molecule has 1 atom stereocenters. The molecule has 0 unspecified atom stereocenters. The number of rotatable bonds is 6. The minimum atomic E-state index is -0.736. The largest absolute Gasteiger partial charge is 0.489 e. The third-order valence-electron chi connectivity index (χ3n) is 3.33. The number of hydrogen-bond donors (Lipinski definition) is 0. The summed E-state index contributed by atoms with van der Waals surface area (Å²) < 4.78 is 15.7. The molecule has 0 fully saturated rings. The van der Waals surface area contributed by atoms with Crippen LogP contribution in [0.4, 0.5) is 0 Å². The summed E-state index contributed by atoms with van der Waals surface area (Å²) in [5.41, 5.74) is 2.54. The van der Waals surface area contributed by atoms with Gasteiger partial charge in [0.2, 0.25) is 0 Å². The molecule has 0 bridgehead atoms. The molecule has 2 rings (SSSR count). The Morgan fingerprint density at radius 2 is 2.04 bits per heavy atom. The van der Waals surface area contributed by atoms with Gasteiger partial charge in [0.15, 0.2) is 6.10 Å². The number of aryl methyl sites for hydroxylation is 2. The lowest BCUT2D eigenvalue weighted by Crippen LogP contribution is -2.14. The third-order valence-corrected chi connectivity index (χ3v) is 3.33. The van der Waals surface area contributed by atoms with Crippen molar-refractivity contribution in [3.05, 3.63) is 46.8 Å². The fraction of sp³-hybridized carbons (Fsp3) is 0.353. The zero-order valence-electron chi connectivity index (χ0n) is 13.3. The van der Waals surface area contributed by atoms with E-state index in [1.54, 1.807) is 24.3 Å². The molecule has 0 aliphatic rings. The van der Waals surface area contributed by atoms with Crippen molar-refractivity contribution < 1.29 is 18.8 Å². The first-order chi connectivity index (χ1) is 11.0. The average Bonchev–Trinajstić information content (AvgIpc) is 2.85. The van der Waals surface area contributed by atoms with Gasteiger partial charge in [-0.15, -0.1) is 0 Å². The van der Waals surface area contributed by atoms with Crippen LogP contribution in [0.5, 0.6) is 5.75 Å². The summed E-state index contributed by atoms with van der Waals surface area (Å²) in [5, 5.41) is 12.5. The maximum atomic E-state index is 11.6. The molecule has 0 radical (unpaired) electrons. The molecule has 0 aliphatic carbocycles. The minimum absolute atomic E-state index is 0.121. The second-order valence-corrected chi connectivity index (χ2v) is 5.17. The van der Waals surface area contributed by atoms with E-state index in [0.29, 0.717) is 12.4 Å². The van der Waals surface area contributed by atoms with E-state index in [4.69, 9.17) is 19.3 Å².